The normalized spacial score (nSPS) is 10.2. The molecule has 0 spiro atoms. The van der Waals surface area contributed by atoms with Gasteiger partial charge in [-0.25, -0.2) is 0 Å². The van der Waals surface area contributed by atoms with Crippen molar-refractivity contribution in [3.63, 3.8) is 0 Å². The van der Waals surface area contributed by atoms with Crippen molar-refractivity contribution in [3.05, 3.63) is 59.2 Å². The van der Waals surface area contributed by atoms with Crippen LogP contribution in [0.15, 0.2) is 42.5 Å². The van der Waals surface area contributed by atoms with Crippen molar-refractivity contribution >= 4 is 11.6 Å². The SMILES string of the molecule is Cc1cccc(C)c1NC(=O)COc1ccccc1CO. The topological polar surface area (TPSA) is 58.6 Å². The monoisotopic (exact) mass is 285 g/mol. The summed E-state index contributed by atoms with van der Waals surface area (Å²) in [7, 11) is 0. The average Bonchev–Trinajstić information content (AvgIpc) is 2.49. The van der Waals surface area contributed by atoms with Gasteiger partial charge in [0.1, 0.15) is 5.75 Å². The lowest BCUT2D eigenvalue weighted by atomic mass is 10.1. The zero-order valence-corrected chi connectivity index (χ0v) is 12.2. The summed E-state index contributed by atoms with van der Waals surface area (Å²) in [6, 6.07) is 13.0. The van der Waals surface area contributed by atoms with Crippen LogP contribution in [0.5, 0.6) is 5.75 Å². The van der Waals surface area contributed by atoms with Gasteiger partial charge >= 0.3 is 0 Å². The molecule has 0 aliphatic heterocycles. The van der Waals surface area contributed by atoms with Crippen molar-refractivity contribution in [1.29, 1.82) is 0 Å². The number of aliphatic hydroxyl groups is 1. The van der Waals surface area contributed by atoms with Gasteiger partial charge in [-0.1, -0.05) is 36.4 Å². The molecule has 2 N–H and O–H groups in total. The fourth-order valence-electron chi connectivity index (χ4n) is 2.11. The first-order valence-corrected chi connectivity index (χ1v) is 6.79. The first-order valence-electron chi connectivity index (χ1n) is 6.79. The third kappa shape index (κ3) is 3.83. The van der Waals surface area contributed by atoms with Crippen LogP contribution in [-0.2, 0) is 11.4 Å². The molecule has 0 heterocycles. The molecule has 0 radical (unpaired) electrons. The number of amides is 1. The minimum Gasteiger partial charge on any atom is -0.483 e. The Labute approximate surface area is 124 Å². The summed E-state index contributed by atoms with van der Waals surface area (Å²) < 4.78 is 5.47. The third-order valence-electron chi connectivity index (χ3n) is 3.25. The fraction of sp³-hybridized carbons (Fsp3) is 0.235. The van der Waals surface area contributed by atoms with Crippen molar-refractivity contribution in [2.45, 2.75) is 20.5 Å². The van der Waals surface area contributed by atoms with Gasteiger partial charge in [0.2, 0.25) is 0 Å². The van der Waals surface area contributed by atoms with Crippen molar-refractivity contribution < 1.29 is 14.6 Å². The Kier molecular flexibility index (Phi) is 4.95. The molecule has 0 bridgehead atoms. The highest BCUT2D eigenvalue weighted by Crippen LogP contribution is 2.20. The van der Waals surface area contributed by atoms with Crippen LogP contribution in [0.2, 0.25) is 0 Å². The van der Waals surface area contributed by atoms with Gasteiger partial charge in [-0.2, -0.15) is 0 Å². The second-order valence-corrected chi connectivity index (χ2v) is 4.87. The molecule has 110 valence electrons. The molecule has 1 amide bonds. The minimum absolute atomic E-state index is 0.0925. The number of hydrogen-bond donors (Lipinski definition) is 2. The van der Waals surface area contributed by atoms with Crippen LogP contribution < -0.4 is 10.1 Å². The molecule has 0 saturated heterocycles. The number of benzene rings is 2. The lowest BCUT2D eigenvalue weighted by molar-refractivity contribution is -0.118. The second-order valence-electron chi connectivity index (χ2n) is 4.87. The molecule has 0 aliphatic rings. The van der Waals surface area contributed by atoms with Gasteiger partial charge in [0.05, 0.1) is 6.61 Å². The summed E-state index contributed by atoms with van der Waals surface area (Å²) in [5.74, 6) is 0.303. The molecule has 0 aromatic heterocycles. The van der Waals surface area contributed by atoms with Crippen LogP contribution in [0.3, 0.4) is 0 Å². The molecular weight excluding hydrogens is 266 g/mol. The van der Waals surface area contributed by atoms with Gasteiger partial charge in [0.25, 0.3) is 5.91 Å². The summed E-state index contributed by atoms with van der Waals surface area (Å²) in [6.45, 7) is 3.69. The summed E-state index contributed by atoms with van der Waals surface area (Å²) in [5, 5.41) is 12.1. The molecule has 2 rings (SSSR count). The van der Waals surface area contributed by atoms with Crippen LogP contribution in [0, 0.1) is 13.8 Å². The summed E-state index contributed by atoms with van der Waals surface area (Å²) in [4.78, 5) is 12.0. The minimum atomic E-state index is -0.222. The van der Waals surface area contributed by atoms with Gasteiger partial charge in [-0.3, -0.25) is 4.79 Å². The van der Waals surface area contributed by atoms with Gasteiger partial charge in [0, 0.05) is 11.3 Å². The Hall–Kier alpha value is -2.33. The van der Waals surface area contributed by atoms with Crippen molar-refractivity contribution in [1.82, 2.24) is 0 Å². The highest BCUT2D eigenvalue weighted by molar-refractivity contribution is 5.93. The largest absolute Gasteiger partial charge is 0.483 e. The fourth-order valence-corrected chi connectivity index (χ4v) is 2.11. The van der Waals surface area contributed by atoms with Crippen molar-refractivity contribution in [2.24, 2.45) is 0 Å². The summed E-state index contributed by atoms with van der Waals surface area (Å²) in [5.41, 5.74) is 3.51. The van der Waals surface area contributed by atoms with Crippen LogP contribution in [0.4, 0.5) is 5.69 Å². The molecular formula is C17H19NO3. The quantitative estimate of drug-likeness (QED) is 0.888. The van der Waals surface area contributed by atoms with Gasteiger partial charge < -0.3 is 15.2 Å². The molecule has 0 fully saturated rings. The van der Waals surface area contributed by atoms with E-state index in [1.54, 1.807) is 18.2 Å². The average molecular weight is 285 g/mol. The van der Waals surface area contributed by atoms with E-state index in [4.69, 9.17) is 4.74 Å². The number of aryl methyl sites for hydroxylation is 2. The van der Waals surface area contributed by atoms with Crippen LogP contribution in [0.25, 0.3) is 0 Å². The first-order chi connectivity index (χ1) is 10.1. The maximum atomic E-state index is 12.0. The molecule has 4 heteroatoms. The summed E-state index contributed by atoms with van der Waals surface area (Å²) in [6.07, 6.45) is 0. The zero-order valence-electron chi connectivity index (χ0n) is 12.2. The Balaban J connectivity index is 1.99. The van der Waals surface area contributed by atoms with E-state index in [2.05, 4.69) is 5.32 Å². The standard InChI is InChI=1S/C17H19NO3/c1-12-6-5-7-13(2)17(12)18-16(20)11-21-15-9-4-3-8-14(15)10-19/h3-9,19H,10-11H2,1-2H3,(H,18,20). The molecule has 0 atom stereocenters. The molecule has 4 nitrogen and oxygen atoms in total. The molecule has 0 saturated carbocycles. The van der Waals surface area contributed by atoms with Gasteiger partial charge in [-0.15, -0.1) is 0 Å². The number of rotatable bonds is 5. The van der Waals surface area contributed by atoms with Crippen molar-refractivity contribution in [2.75, 3.05) is 11.9 Å². The molecule has 0 unspecified atom stereocenters. The Morgan fingerprint density at radius 2 is 1.76 bits per heavy atom. The molecule has 2 aromatic rings. The van der Waals surface area contributed by atoms with Crippen LogP contribution in [0.1, 0.15) is 16.7 Å². The third-order valence-corrected chi connectivity index (χ3v) is 3.25. The lowest BCUT2D eigenvalue weighted by Gasteiger charge is -2.13. The van der Waals surface area contributed by atoms with E-state index >= 15 is 0 Å². The Morgan fingerprint density at radius 3 is 2.43 bits per heavy atom. The number of para-hydroxylation sites is 2. The van der Waals surface area contributed by atoms with Gasteiger partial charge in [0.15, 0.2) is 6.61 Å². The zero-order chi connectivity index (χ0) is 15.2. The van der Waals surface area contributed by atoms with Gasteiger partial charge in [-0.05, 0) is 31.0 Å². The van der Waals surface area contributed by atoms with E-state index in [1.807, 2.05) is 38.1 Å². The van der Waals surface area contributed by atoms with E-state index in [-0.39, 0.29) is 19.1 Å². The smallest absolute Gasteiger partial charge is 0.262 e. The second kappa shape index (κ2) is 6.90. The number of hydrogen-bond acceptors (Lipinski definition) is 3. The van der Waals surface area contributed by atoms with E-state index < -0.39 is 0 Å². The number of aliphatic hydroxyl groups excluding tert-OH is 1. The maximum Gasteiger partial charge on any atom is 0.262 e. The predicted octanol–water partition coefficient (Wildman–Crippen LogP) is 2.81. The van der Waals surface area contributed by atoms with Crippen LogP contribution >= 0.6 is 0 Å². The highest BCUT2D eigenvalue weighted by atomic mass is 16.5. The number of ether oxygens (including phenoxy) is 1. The molecule has 21 heavy (non-hydrogen) atoms. The van der Waals surface area contributed by atoms with E-state index in [9.17, 15) is 9.90 Å². The van der Waals surface area contributed by atoms with E-state index in [0.717, 1.165) is 16.8 Å². The first kappa shape index (κ1) is 15.1. The summed E-state index contributed by atoms with van der Waals surface area (Å²) >= 11 is 0. The Bertz CT molecular complexity index is 617. The predicted molar refractivity (Wildman–Crippen MR) is 82.4 cm³/mol. The lowest BCUT2D eigenvalue weighted by Crippen LogP contribution is -2.21. The van der Waals surface area contributed by atoms with E-state index in [0.29, 0.717) is 11.3 Å². The highest BCUT2D eigenvalue weighted by Gasteiger charge is 2.09. The molecule has 2 aromatic carbocycles. The number of nitrogens with one attached hydrogen (secondary N) is 1. The maximum absolute atomic E-state index is 12.0. The van der Waals surface area contributed by atoms with Crippen molar-refractivity contribution in [3.8, 4) is 5.75 Å². The Morgan fingerprint density at radius 1 is 1.10 bits per heavy atom. The number of anilines is 1. The number of carbonyl (C=O) groups is 1. The van der Waals surface area contributed by atoms with Crippen LogP contribution in [-0.4, -0.2) is 17.6 Å². The number of carbonyl (C=O) groups excluding carboxylic acids is 1. The molecule has 0 aliphatic carbocycles. The van der Waals surface area contributed by atoms with E-state index in [1.165, 1.54) is 0 Å².